The Morgan fingerprint density at radius 3 is 2.28 bits per heavy atom. The first-order chi connectivity index (χ1) is 17.6. The predicted molar refractivity (Wildman–Crippen MR) is 146 cm³/mol. The Hall–Kier alpha value is -3.74. The fraction of sp³-hybridized carbons (Fsp3) is 0.143. The summed E-state index contributed by atoms with van der Waals surface area (Å²) in [6.07, 6.45) is 12.8. The van der Waals surface area contributed by atoms with Crippen molar-refractivity contribution in [1.82, 2.24) is 20.3 Å². The molecule has 0 atom stereocenters. The highest BCUT2D eigenvalue weighted by Crippen LogP contribution is 2.25. The number of pyridine rings is 1. The minimum Gasteiger partial charge on any atom is -0.352 e. The average Bonchev–Trinajstić information content (AvgIpc) is 2.91. The Bertz CT molecular complexity index is 1280. The van der Waals surface area contributed by atoms with Gasteiger partial charge in [-0.05, 0) is 66.4 Å². The van der Waals surface area contributed by atoms with Gasteiger partial charge in [0.1, 0.15) is 0 Å². The zero-order chi connectivity index (χ0) is 25.2. The Labute approximate surface area is 220 Å². The van der Waals surface area contributed by atoms with Gasteiger partial charge in [-0.3, -0.25) is 9.78 Å². The van der Waals surface area contributed by atoms with Crippen LogP contribution in [0.15, 0.2) is 91.5 Å². The molecule has 2 aromatic carbocycles. The van der Waals surface area contributed by atoms with Crippen LogP contribution in [0.4, 0.5) is 11.6 Å². The molecule has 0 bridgehead atoms. The molecule has 0 aliphatic carbocycles. The minimum absolute atomic E-state index is 0.260. The van der Waals surface area contributed by atoms with E-state index in [0.29, 0.717) is 34.6 Å². The van der Waals surface area contributed by atoms with E-state index in [4.69, 9.17) is 23.2 Å². The molecule has 182 valence electrons. The number of hydrogen-bond acceptors (Lipinski definition) is 5. The highest BCUT2D eigenvalue weighted by molar-refractivity contribution is 6.39. The molecular weight excluding hydrogens is 493 g/mol. The SMILES string of the molecule is O=C(NCCCC=Cc1ccc(N(Cc2ccncc2)c2ncccn2)cc1)c1c(Cl)cccc1Cl. The van der Waals surface area contributed by atoms with Gasteiger partial charge >= 0.3 is 0 Å². The van der Waals surface area contributed by atoms with Gasteiger partial charge in [0.15, 0.2) is 0 Å². The summed E-state index contributed by atoms with van der Waals surface area (Å²) in [5.41, 5.74) is 3.51. The van der Waals surface area contributed by atoms with Gasteiger partial charge in [0.2, 0.25) is 5.95 Å². The van der Waals surface area contributed by atoms with Gasteiger partial charge in [-0.15, -0.1) is 0 Å². The van der Waals surface area contributed by atoms with Gasteiger partial charge in [-0.2, -0.15) is 0 Å². The maximum atomic E-state index is 12.3. The second-order valence-electron chi connectivity index (χ2n) is 7.98. The Kier molecular flexibility index (Phi) is 9.03. The summed E-state index contributed by atoms with van der Waals surface area (Å²) < 4.78 is 0. The van der Waals surface area contributed by atoms with Gasteiger partial charge in [0.05, 0.1) is 22.2 Å². The maximum absolute atomic E-state index is 12.3. The van der Waals surface area contributed by atoms with E-state index in [1.807, 2.05) is 12.1 Å². The van der Waals surface area contributed by atoms with Crippen molar-refractivity contribution in [3.63, 3.8) is 0 Å². The molecule has 0 unspecified atom stereocenters. The van der Waals surface area contributed by atoms with E-state index in [1.54, 1.807) is 49.1 Å². The molecule has 0 radical (unpaired) electrons. The fourth-order valence-electron chi connectivity index (χ4n) is 3.59. The fourth-order valence-corrected chi connectivity index (χ4v) is 4.16. The third-order valence-corrected chi connectivity index (χ3v) is 6.05. The number of amides is 1. The van der Waals surface area contributed by atoms with Gasteiger partial charge in [0, 0.05) is 37.0 Å². The molecule has 2 aromatic heterocycles. The molecule has 0 spiro atoms. The summed E-state index contributed by atoms with van der Waals surface area (Å²) in [6, 6.07) is 19.0. The molecule has 2 heterocycles. The summed E-state index contributed by atoms with van der Waals surface area (Å²) in [5, 5.41) is 3.57. The number of allylic oxidation sites excluding steroid dienone is 1. The third-order valence-electron chi connectivity index (χ3n) is 5.42. The van der Waals surface area contributed by atoms with Gasteiger partial charge in [-0.1, -0.05) is 53.6 Å². The summed E-state index contributed by atoms with van der Waals surface area (Å²) in [6.45, 7) is 1.16. The zero-order valence-electron chi connectivity index (χ0n) is 19.5. The van der Waals surface area contributed by atoms with Crippen LogP contribution in [0.1, 0.15) is 34.3 Å². The molecule has 0 aliphatic rings. The lowest BCUT2D eigenvalue weighted by Crippen LogP contribution is -2.25. The van der Waals surface area contributed by atoms with Crippen molar-refractivity contribution in [2.45, 2.75) is 19.4 Å². The number of unbranched alkanes of at least 4 members (excludes halogenated alkanes) is 1. The molecule has 1 N–H and O–H groups in total. The van der Waals surface area contributed by atoms with Crippen molar-refractivity contribution in [2.75, 3.05) is 11.4 Å². The first-order valence-electron chi connectivity index (χ1n) is 11.5. The number of nitrogens with one attached hydrogen (secondary N) is 1. The van der Waals surface area contributed by atoms with E-state index in [0.717, 1.165) is 29.7 Å². The lowest BCUT2D eigenvalue weighted by atomic mass is 10.1. The predicted octanol–water partition coefficient (Wildman–Crippen LogP) is 6.74. The number of halogens is 2. The molecule has 4 aromatic rings. The Morgan fingerprint density at radius 2 is 1.58 bits per heavy atom. The summed E-state index contributed by atoms with van der Waals surface area (Å²) in [7, 11) is 0. The topological polar surface area (TPSA) is 71.0 Å². The smallest absolute Gasteiger partial charge is 0.254 e. The summed E-state index contributed by atoms with van der Waals surface area (Å²) in [4.78, 5) is 27.4. The number of carbonyl (C=O) groups excluding carboxylic acids is 1. The second-order valence-corrected chi connectivity index (χ2v) is 8.79. The molecule has 1 amide bonds. The lowest BCUT2D eigenvalue weighted by Gasteiger charge is -2.22. The molecule has 0 saturated heterocycles. The van der Waals surface area contributed by atoms with E-state index in [9.17, 15) is 4.79 Å². The highest BCUT2D eigenvalue weighted by atomic mass is 35.5. The number of rotatable bonds is 10. The number of nitrogens with zero attached hydrogens (tertiary/aromatic N) is 4. The standard InChI is InChI=1S/C28H25Cl2N5O/c29-24-7-4-8-25(30)26(24)27(36)32-15-3-1-2-6-21-9-11-23(12-10-21)35(28-33-16-5-17-34-28)20-22-13-18-31-19-14-22/h2,4-14,16-19H,1,3,15,20H2,(H,32,36). The van der Waals surface area contributed by atoms with Crippen LogP contribution in [-0.4, -0.2) is 27.4 Å². The number of hydrogen-bond donors (Lipinski definition) is 1. The van der Waals surface area contributed by atoms with Gasteiger partial charge in [-0.25, -0.2) is 9.97 Å². The number of benzene rings is 2. The first-order valence-corrected chi connectivity index (χ1v) is 12.3. The number of anilines is 2. The van der Waals surface area contributed by atoms with Crippen molar-refractivity contribution in [3.8, 4) is 0 Å². The van der Waals surface area contributed by atoms with Crippen LogP contribution in [0.5, 0.6) is 0 Å². The summed E-state index contributed by atoms with van der Waals surface area (Å²) in [5.74, 6) is 0.376. The zero-order valence-corrected chi connectivity index (χ0v) is 21.0. The van der Waals surface area contributed by atoms with Crippen LogP contribution >= 0.6 is 23.2 Å². The van der Waals surface area contributed by atoms with E-state index in [-0.39, 0.29) is 5.91 Å². The van der Waals surface area contributed by atoms with Crippen molar-refractivity contribution in [3.05, 3.63) is 118 Å². The Balaban J connectivity index is 1.32. The van der Waals surface area contributed by atoms with Crippen LogP contribution in [0.25, 0.3) is 6.08 Å². The van der Waals surface area contributed by atoms with Crippen molar-refractivity contribution in [1.29, 1.82) is 0 Å². The quantitative estimate of drug-likeness (QED) is 0.236. The number of carbonyl (C=O) groups is 1. The van der Waals surface area contributed by atoms with Crippen molar-refractivity contribution >= 4 is 46.8 Å². The maximum Gasteiger partial charge on any atom is 0.254 e. The monoisotopic (exact) mass is 517 g/mol. The average molecular weight is 518 g/mol. The molecule has 36 heavy (non-hydrogen) atoms. The van der Waals surface area contributed by atoms with E-state index in [2.05, 4.69) is 61.6 Å². The third kappa shape index (κ3) is 6.90. The van der Waals surface area contributed by atoms with Crippen LogP contribution < -0.4 is 10.2 Å². The molecule has 8 heteroatoms. The molecule has 4 rings (SSSR count). The van der Waals surface area contributed by atoms with Crippen molar-refractivity contribution in [2.24, 2.45) is 0 Å². The normalized spacial score (nSPS) is 10.9. The van der Waals surface area contributed by atoms with E-state index in [1.165, 1.54) is 0 Å². The molecule has 6 nitrogen and oxygen atoms in total. The van der Waals surface area contributed by atoms with Crippen LogP contribution in [0.2, 0.25) is 10.0 Å². The molecule has 0 fully saturated rings. The van der Waals surface area contributed by atoms with Crippen LogP contribution in [0, 0.1) is 0 Å². The van der Waals surface area contributed by atoms with E-state index >= 15 is 0 Å². The second kappa shape index (κ2) is 12.8. The number of aromatic nitrogens is 3. The van der Waals surface area contributed by atoms with Crippen molar-refractivity contribution < 1.29 is 4.79 Å². The summed E-state index contributed by atoms with van der Waals surface area (Å²) >= 11 is 12.2. The minimum atomic E-state index is -0.260. The molecule has 0 aliphatic heterocycles. The largest absolute Gasteiger partial charge is 0.352 e. The highest BCUT2D eigenvalue weighted by Gasteiger charge is 2.14. The van der Waals surface area contributed by atoms with Crippen LogP contribution in [0.3, 0.4) is 0 Å². The Morgan fingerprint density at radius 1 is 0.889 bits per heavy atom. The molecule has 0 saturated carbocycles. The lowest BCUT2D eigenvalue weighted by molar-refractivity contribution is 0.0953. The van der Waals surface area contributed by atoms with Gasteiger partial charge < -0.3 is 10.2 Å². The van der Waals surface area contributed by atoms with E-state index < -0.39 is 0 Å². The van der Waals surface area contributed by atoms with Crippen LogP contribution in [-0.2, 0) is 6.54 Å². The van der Waals surface area contributed by atoms with Gasteiger partial charge in [0.25, 0.3) is 5.91 Å². The molecular formula is C28H25Cl2N5O. The first kappa shape index (κ1) is 25.4.